The summed E-state index contributed by atoms with van der Waals surface area (Å²) in [6.07, 6.45) is 1.60. The molecule has 1 aromatic heterocycles. The lowest BCUT2D eigenvalue weighted by molar-refractivity contribution is -0.149. The normalized spacial score (nSPS) is 16.3. The number of nitrogens with zero attached hydrogens (tertiary/aromatic N) is 1. The molecule has 134 valence electrons. The van der Waals surface area contributed by atoms with Crippen LogP contribution >= 0.6 is 0 Å². The smallest absolute Gasteiger partial charge is 0.336 e. The van der Waals surface area contributed by atoms with Gasteiger partial charge in [0.15, 0.2) is 0 Å². The number of hydrogen-bond donors (Lipinski definition) is 0. The van der Waals surface area contributed by atoms with Crippen LogP contribution < -0.4 is 5.63 Å². The van der Waals surface area contributed by atoms with Crippen molar-refractivity contribution in [2.45, 2.75) is 40.2 Å². The van der Waals surface area contributed by atoms with E-state index in [4.69, 9.17) is 9.15 Å². The number of aryl methyl sites for hydroxylation is 2. The number of piperidine rings is 1. The molecule has 1 aromatic carbocycles. The van der Waals surface area contributed by atoms with Crippen LogP contribution in [-0.4, -0.2) is 30.6 Å². The van der Waals surface area contributed by atoms with Crippen LogP contribution in [0.3, 0.4) is 0 Å². The van der Waals surface area contributed by atoms with Gasteiger partial charge in [0.1, 0.15) is 5.58 Å². The predicted molar refractivity (Wildman–Crippen MR) is 96.6 cm³/mol. The lowest BCUT2D eigenvalue weighted by Crippen LogP contribution is -2.36. The number of carbonyl (C=O) groups excluding carboxylic acids is 1. The number of ether oxygens (including phenoxy) is 1. The molecule has 0 spiro atoms. The third-order valence-corrected chi connectivity index (χ3v) is 4.87. The van der Waals surface area contributed by atoms with Crippen LogP contribution in [0.2, 0.25) is 0 Å². The fraction of sp³-hybridized carbons (Fsp3) is 0.500. The van der Waals surface area contributed by atoms with E-state index >= 15 is 0 Å². The molecule has 0 saturated carbocycles. The topological polar surface area (TPSA) is 59.8 Å². The van der Waals surface area contributed by atoms with Crippen LogP contribution in [0.15, 0.2) is 27.4 Å². The second-order valence-corrected chi connectivity index (χ2v) is 6.85. The highest BCUT2D eigenvalue weighted by Gasteiger charge is 2.26. The first kappa shape index (κ1) is 17.7. The SMILES string of the molecule is CCOC(=O)C1CCN(Cc2cc(=O)oc3cc(C)cc(C)c23)CC1. The minimum atomic E-state index is -0.311. The van der Waals surface area contributed by atoms with Gasteiger partial charge in [-0.05, 0) is 69.5 Å². The summed E-state index contributed by atoms with van der Waals surface area (Å²) in [6, 6.07) is 5.63. The van der Waals surface area contributed by atoms with Gasteiger partial charge >= 0.3 is 11.6 Å². The average molecular weight is 343 g/mol. The molecule has 2 aromatic rings. The Balaban J connectivity index is 1.78. The minimum Gasteiger partial charge on any atom is -0.466 e. The Kier molecular flexibility index (Phi) is 5.23. The largest absolute Gasteiger partial charge is 0.466 e. The van der Waals surface area contributed by atoms with E-state index in [9.17, 15) is 9.59 Å². The number of esters is 1. The molecule has 0 unspecified atom stereocenters. The fourth-order valence-corrected chi connectivity index (χ4v) is 3.73. The highest BCUT2D eigenvalue weighted by atomic mass is 16.5. The van der Waals surface area contributed by atoms with Crippen LogP contribution in [0.5, 0.6) is 0 Å². The van der Waals surface area contributed by atoms with Crippen molar-refractivity contribution in [2.24, 2.45) is 5.92 Å². The first-order valence-corrected chi connectivity index (χ1v) is 8.91. The molecule has 1 fully saturated rings. The van der Waals surface area contributed by atoms with E-state index in [1.54, 1.807) is 6.07 Å². The van der Waals surface area contributed by atoms with E-state index in [0.29, 0.717) is 18.7 Å². The molecular formula is C20H25NO4. The van der Waals surface area contributed by atoms with Crippen molar-refractivity contribution in [1.29, 1.82) is 0 Å². The molecule has 0 bridgehead atoms. The fourth-order valence-electron chi connectivity index (χ4n) is 3.73. The van der Waals surface area contributed by atoms with Gasteiger partial charge in [0.05, 0.1) is 12.5 Å². The van der Waals surface area contributed by atoms with Crippen molar-refractivity contribution >= 4 is 16.9 Å². The average Bonchev–Trinajstić information content (AvgIpc) is 2.54. The molecule has 1 aliphatic rings. The van der Waals surface area contributed by atoms with Gasteiger partial charge < -0.3 is 9.15 Å². The molecule has 0 aliphatic carbocycles. The summed E-state index contributed by atoms with van der Waals surface area (Å²) in [5, 5.41) is 1.03. The molecule has 1 saturated heterocycles. The van der Waals surface area contributed by atoms with Gasteiger partial charge in [-0.2, -0.15) is 0 Å². The van der Waals surface area contributed by atoms with Crippen LogP contribution in [0.4, 0.5) is 0 Å². The molecule has 5 heteroatoms. The molecule has 1 aliphatic heterocycles. The third kappa shape index (κ3) is 3.93. The quantitative estimate of drug-likeness (QED) is 0.630. The molecule has 0 radical (unpaired) electrons. The maximum atomic E-state index is 11.9. The van der Waals surface area contributed by atoms with E-state index in [1.165, 1.54) is 0 Å². The van der Waals surface area contributed by atoms with E-state index in [2.05, 4.69) is 11.0 Å². The minimum absolute atomic E-state index is 0.00169. The van der Waals surface area contributed by atoms with Crippen molar-refractivity contribution in [3.8, 4) is 0 Å². The molecule has 0 amide bonds. The second kappa shape index (κ2) is 7.40. The number of hydrogen-bond acceptors (Lipinski definition) is 5. The van der Waals surface area contributed by atoms with Crippen LogP contribution in [0.1, 0.15) is 36.5 Å². The van der Waals surface area contributed by atoms with E-state index < -0.39 is 0 Å². The van der Waals surface area contributed by atoms with Gasteiger partial charge in [0.2, 0.25) is 0 Å². The van der Waals surface area contributed by atoms with Gasteiger partial charge in [0, 0.05) is 18.0 Å². The van der Waals surface area contributed by atoms with Gasteiger partial charge in [-0.25, -0.2) is 4.79 Å². The van der Waals surface area contributed by atoms with Crippen molar-refractivity contribution in [2.75, 3.05) is 19.7 Å². The summed E-state index contributed by atoms with van der Waals surface area (Å²) >= 11 is 0. The van der Waals surface area contributed by atoms with Crippen LogP contribution in [0, 0.1) is 19.8 Å². The lowest BCUT2D eigenvalue weighted by Gasteiger charge is -2.31. The predicted octanol–water partition coefficient (Wildman–Crippen LogP) is 3.18. The second-order valence-electron chi connectivity index (χ2n) is 6.85. The van der Waals surface area contributed by atoms with E-state index in [1.807, 2.05) is 26.8 Å². The molecule has 0 atom stereocenters. The standard InChI is InChI=1S/C20H25NO4/c1-4-24-20(23)15-5-7-21(8-6-15)12-16-11-18(22)25-17-10-13(2)9-14(3)19(16)17/h9-11,15H,4-8,12H2,1-3H3. The van der Waals surface area contributed by atoms with Gasteiger partial charge in [0.25, 0.3) is 0 Å². The molecule has 5 nitrogen and oxygen atoms in total. The summed E-state index contributed by atoms with van der Waals surface area (Å²) in [6.45, 7) is 8.67. The number of likely N-dealkylation sites (tertiary alicyclic amines) is 1. The van der Waals surface area contributed by atoms with E-state index in [0.717, 1.165) is 48.0 Å². The first-order chi connectivity index (χ1) is 12.0. The Bertz CT molecular complexity index is 831. The van der Waals surface area contributed by atoms with Crippen LogP contribution in [0.25, 0.3) is 11.0 Å². The zero-order chi connectivity index (χ0) is 18.0. The Morgan fingerprint density at radius 3 is 2.64 bits per heavy atom. The summed E-state index contributed by atoms with van der Waals surface area (Å²) in [4.78, 5) is 26.1. The number of rotatable bonds is 4. The van der Waals surface area contributed by atoms with Crippen molar-refractivity contribution in [1.82, 2.24) is 4.90 Å². The lowest BCUT2D eigenvalue weighted by atomic mass is 9.96. The third-order valence-electron chi connectivity index (χ3n) is 4.87. The molecule has 0 N–H and O–H groups in total. The zero-order valence-corrected chi connectivity index (χ0v) is 15.1. The Morgan fingerprint density at radius 2 is 1.96 bits per heavy atom. The molecular weight excluding hydrogens is 318 g/mol. The van der Waals surface area contributed by atoms with E-state index in [-0.39, 0.29) is 17.5 Å². The maximum absolute atomic E-state index is 11.9. The highest BCUT2D eigenvalue weighted by Crippen LogP contribution is 2.26. The van der Waals surface area contributed by atoms with Gasteiger partial charge in [-0.15, -0.1) is 0 Å². The molecule has 3 rings (SSSR count). The Labute approximate surface area is 147 Å². The zero-order valence-electron chi connectivity index (χ0n) is 15.1. The summed E-state index contributed by atoms with van der Waals surface area (Å²) in [5.74, 6) is -0.0857. The van der Waals surface area contributed by atoms with Crippen LogP contribution in [-0.2, 0) is 16.1 Å². The Hall–Kier alpha value is -2.14. The van der Waals surface area contributed by atoms with Crippen molar-refractivity contribution in [3.63, 3.8) is 0 Å². The van der Waals surface area contributed by atoms with Gasteiger partial charge in [-0.3, -0.25) is 9.69 Å². The summed E-state index contributed by atoms with van der Waals surface area (Å²) in [5.41, 5.74) is 3.55. The first-order valence-electron chi connectivity index (χ1n) is 8.91. The molecule has 25 heavy (non-hydrogen) atoms. The number of benzene rings is 1. The number of carbonyl (C=O) groups is 1. The monoisotopic (exact) mass is 343 g/mol. The number of fused-ring (bicyclic) bond motifs is 1. The summed E-state index contributed by atoms with van der Waals surface area (Å²) in [7, 11) is 0. The van der Waals surface area contributed by atoms with Crippen molar-refractivity contribution < 1.29 is 13.9 Å². The highest BCUT2D eigenvalue weighted by molar-refractivity contribution is 5.84. The summed E-state index contributed by atoms with van der Waals surface area (Å²) < 4.78 is 10.5. The Morgan fingerprint density at radius 1 is 1.24 bits per heavy atom. The van der Waals surface area contributed by atoms with Gasteiger partial charge in [-0.1, -0.05) is 6.07 Å². The maximum Gasteiger partial charge on any atom is 0.336 e. The molecule has 2 heterocycles. The van der Waals surface area contributed by atoms with Crippen molar-refractivity contribution in [3.05, 3.63) is 45.3 Å².